The molecule has 8 nitrogen and oxygen atoms in total. The number of fused-ring (bicyclic) bond motifs is 3. The highest BCUT2D eigenvalue weighted by molar-refractivity contribution is 5.87. The Morgan fingerprint density at radius 2 is 1.62 bits per heavy atom. The summed E-state index contributed by atoms with van der Waals surface area (Å²) in [6.07, 6.45) is -0.144. The number of methoxy groups -OCH3 is 1. The fourth-order valence-electron chi connectivity index (χ4n) is 4.17. The summed E-state index contributed by atoms with van der Waals surface area (Å²) in [5.74, 6) is -1.76. The van der Waals surface area contributed by atoms with Gasteiger partial charge in [0.05, 0.1) is 6.54 Å². The molecular formula is C24H26N2O6. The number of hydrogen-bond acceptors (Lipinski definition) is 5. The second-order valence-corrected chi connectivity index (χ2v) is 8.09. The van der Waals surface area contributed by atoms with Gasteiger partial charge in [-0.15, -0.1) is 0 Å². The molecule has 2 atom stereocenters. The van der Waals surface area contributed by atoms with Gasteiger partial charge in [0.15, 0.2) is 6.10 Å². The Balaban J connectivity index is 1.31. The number of ether oxygens (including phenoxy) is 2. The highest BCUT2D eigenvalue weighted by atomic mass is 16.5. The Morgan fingerprint density at radius 1 is 1.03 bits per heavy atom. The Hall–Kier alpha value is -3.39. The monoisotopic (exact) mass is 438 g/mol. The van der Waals surface area contributed by atoms with Crippen molar-refractivity contribution in [2.24, 2.45) is 5.92 Å². The van der Waals surface area contributed by atoms with Gasteiger partial charge < -0.3 is 25.2 Å². The average Bonchev–Trinajstić information content (AvgIpc) is 3.58. The second-order valence-electron chi connectivity index (χ2n) is 8.09. The summed E-state index contributed by atoms with van der Waals surface area (Å²) in [6, 6.07) is 15.1. The summed E-state index contributed by atoms with van der Waals surface area (Å²) in [5.41, 5.74) is 4.49. The van der Waals surface area contributed by atoms with Crippen molar-refractivity contribution in [2.45, 2.75) is 30.9 Å². The molecule has 2 aromatic carbocycles. The number of nitrogens with one attached hydrogen (secondary N) is 2. The summed E-state index contributed by atoms with van der Waals surface area (Å²) in [5, 5.41) is 14.3. The Bertz CT molecular complexity index is 974. The minimum atomic E-state index is -1.07. The molecule has 0 aliphatic heterocycles. The largest absolute Gasteiger partial charge is 0.480 e. The van der Waals surface area contributed by atoms with E-state index in [2.05, 4.69) is 22.8 Å². The molecule has 0 heterocycles. The van der Waals surface area contributed by atoms with E-state index in [1.54, 1.807) is 0 Å². The lowest BCUT2D eigenvalue weighted by molar-refractivity contribution is -0.144. The molecule has 168 valence electrons. The predicted octanol–water partition coefficient (Wildman–Crippen LogP) is 2.52. The molecule has 3 N–H and O–H groups in total. The van der Waals surface area contributed by atoms with Gasteiger partial charge in [-0.05, 0) is 41.0 Å². The van der Waals surface area contributed by atoms with Crippen LogP contribution in [0.5, 0.6) is 0 Å². The molecule has 0 bridgehead atoms. The fourth-order valence-corrected chi connectivity index (χ4v) is 4.17. The van der Waals surface area contributed by atoms with Crippen LogP contribution < -0.4 is 10.6 Å². The molecule has 0 spiro atoms. The molecule has 0 saturated heterocycles. The first-order valence-electron chi connectivity index (χ1n) is 10.6. The summed E-state index contributed by atoms with van der Waals surface area (Å²) in [7, 11) is 1.33. The lowest BCUT2D eigenvalue weighted by Crippen LogP contribution is -2.50. The Morgan fingerprint density at radius 3 is 2.16 bits per heavy atom. The molecule has 32 heavy (non-hydrogen) atoms. The van der Waals surface area contributed by atoms with Crippen LogP contribution in [0.2, 0.25) is 0 Å². The summed E-state index contributed by atoms with van der Waals surface area (Å²) in [6.45, 7) is 0.0302. The van der Waals surface area contributed by atoms with Crippen LogP contribution in [0.3, 0.4) is 0 Å². The Kier molecular flexibility index (Phi) is 6.41. The smallest absolute Gasteiger partial charge is 0.407 e. The number of carboxylic acids is 1. The van der Waals surface area contributed by atoms with Crippen molar-refractivity contribution in [3.05, 3.63) is 59.7 Å². The van der Waals surface area contributed by atoms with E-state index in [-0.39, 0.29) is 25.0 Å². The molecular weight excluding hydrogens is 412 g/mol. The van der Waals surface area contributed by atoms with Crippen molar-refractivity contribution >= 4 is 18.0 Å². The van der Waals surface area contributed by atoms with Gasteiger partial charge in [-0.3, -0.25) is 4.79 Å². The number of carbonyl (C=O) groups excluding carboxylic acids is 2. The minimum Gasteiger partial charge on any atom is -0.480 e. The molecule has 1 saturated carbocycles. The van der Waals surface area contributed by atoms with Gasteiger partial charge in [0.2, 0.25) is 0 Å². The van der Waals surface area contributed by atoms with Crippen molar-refractivity contribution in [1.82, 2.24) is 10.6 Å². The number of hydrogen-bond donors (Lipinski definition) is 3. The van der Waals surface area contributed by atoms with Crippen molar-refractivity contribution in [3.63, 3.8) is 0 Å². The van der Waals surface area contributed by atoms with Crippen molar-refractivity contribution in [3.8, 4) is 11.1 Å². The van der Waals surface area contributed by atoms with Gasteiger partial charge in [0.25, 0.3) is 5.91 Å². The number of rotatable bonds is 9. The van der Waals surface area contributed by atoms with Crippen LogP contribution in [-0.2, 0) is 19.1 Å². The van der Waals surface area contributed by atoms with Crippen molar-refractivity contribution in [2.75, 3.05) is 20.3 Å². The maximum absolute atomic E-state index is 12.4. The standard InChI is InChI=1S/C24H26N2O6/c1-31-20(22(27)26-21(23(28)29)14-10-11-14)12-25-24(30)32-13-19-17-8-4-2-6-15(17)16-7-3-5-9-18(16)19/h2-9,14,19-21H,10-13H2,1H3,(H,25,30)(H,26,27)(H,28,29). The van der Waals surface area contributed by atoms with Crippen LogP contribution in [0, 0.1) is 5.92 Å². The van der Waals surface area contributed by atoms with E-state index in [0.29, 0.717) is 0 Å². The van der Waals surface area contributed by atoms with Crippen LogP contribution in [-0.4, -0.2) is 55.5 Å². The third-order valence-electron chi connectivity index (χ3n) is 6.01. The first-order chi connectivity index (χ1) is 15.5. The molecule has 1 fully saturated rings. The third kappa shape index (κ3) is 4.60. The number of benzene rings is 2. The predicted molar refractivity (Wildman–Crippen MR) is 116 cm³/mol. The van der Waals surface area contributed by atoms with Crippen LogP contribution >= 0.6 is 0 Å². The number of aliphatic carboxylic acids is 1. The normalized spacial score (nSPS) is 16.4. The molecule has 4 rings (SSSR count). The molecule has 2 aliphatic carbocycles. The summed E-state index contributed by atoms with van der Waals surface area (Å²) in [4.78, 5) is 36.0. The quantitative estimate of drug-likeness (QED) is 0.554. The zero-order valence-corrected chi connectivity index (χ0v) is 17.7. The lowest BCUT2D eigenvalue weighted by Gasteiger charge is -2.20. The van der Waals surface area contributed by atoms with E-state index in [9.17, 15) is 19.5 Å². The Labute approximate surface area is 185 Å². The van der Waals surface area contributed by atoms with Crippen LogP contribution in [0.15, 0.2) is 48.5 Å². The van der Waals surface area contributed by atoms with Crippen LogP contribution in [0.4, 0.5) is 4.79 Å². The van der Waals surface area contributed by atoms with Gasteiger partial charge in [-0.1, -0.05) is 48.5 Å². The van der Waals surface area contributed by atoms with E-state index in [4.69, 9.17) is 9.47 Å². The van der Waals surface area contributed by atoms with Crippen molar-refractivity contribution < 1.29 is 29.0 Å². The first kappa shape index (κ1) is 21.8. The highest BCUT2D eigenvalue weighted by Gasteiger charge is 2.38. The zero-order chi connectivity index (χ0) is 22.7. The van der Waals surface area contributed by atoms with Gasteiger partial charge in [-0.2, -0.15) is 0 Å². The molecule has 2 amide bonds. The third-order valence-corrected chi connectivity index (χ3v) is 6.01. The van der Waals surface area contributed by atoms with Crippen LogP contribution in [0.25, 0.3) is 11.1 Å². The molecule has 0 aromatic heterocycles. The minimum absolute atomic E-state index is 0.0518. The van der Waals surface area contributed by atoms with E-state index in [1.165, 1.54) is 7.11 Å². The molecule has 2 aliphatic rings. The topological polar surface area (TPSA) is 114 Å². The number of carboxylic acid groups (broad SMARTS) is 1. The summed E-state index contributed by atoms with van der Waals surface area (Å²) >= 11 is 0. The van der Waals surface area contributed by atoms with E-state index >= 15 is 0 Å². The zero-order valence-electron chi connectivity index (χ0n) is 17.7. The molecule has 8 heteroatoms. The highest BCUT2D eigenvalue weighted by Crippen LogP contribution is 2.44. The molecule has 2 aromatic rings. The fraction of sp³-hybridized carbons (Fsp3) is 0.375. The maximum Gasteiger partial charge on any atom is 0.407 e. The van der Waals surface area contributed by atoms with Gasteiger partial charge in [0.1, 0.15) is 12.6 Å². The van der Waals surface area contributed by atoms with Gasteiger partial charge >= 0.3 is 12.1 Å². The maximum atomic E-state index is 12.4. The van der Waals surface area contributed by atoms with E-state index in [0.717, 1.165) is 35.1 Å². The molecule has 0 radical (unpaired) electrons. The lowest BCUT2D eigenvalue weighted by atomic mass is 9.98. The van der Waals surface area contributed by atoms with E-state index < -0.39 is 30.1 Å². The van der Waals surface area contributed by atoms with Gasteiger partial charge in [0, 0.05) is 13.0 Å². The average molecular weight is 438 g/mol. The van der Waals surface area contributed by atoms with Crippen LogP contribution in [0.1, 0.15) is 29.9 Å². The number of carbonyl (C=O) groups is 3. The SMILES string of the molecule is COC(CNC(=O)OCC1c2ccccc2-c2ccccc21)C(=O)NC(C(=O)O)C1CC1. The van der Waals surface area contributed by atoms with Gasteiger partial charge in [-0.25, -0.2) is 9.59 Å². The number of alkyl carbamates (subject to hydrolysis) is 1. The first-order valence-corrected chi connectivity index (χ1v) is 10.6. The summed E-state index contributed by atoms with van der Waals surface area (Å²) < 4.78 is 10.6. The number of amides is 2. The van der Waals surface area contributed by atoms with Crippen molar-refractivity contribution in [1.29, 1.82) is 0 Å². The molecule has 2 unspecified atom stereocenters. The second kappa shape index (κ2) is 9.40. The van der Waals surface area contributed by atoms with E-state index in [1.807, 2.05) is 36.4 Å².